The van der Waals surface area contributed by atoms with Crippen LogP contribution in [-0.4, -0.2) is 17.8 Å². The Kier molecular flexibility index (Phi) is 5.92. The maximum Gasteiger partial charge on any atom is 0.363 e. The summed E-state index contributed by atoms with van der Waals surface area (Å²) >= 11 is 0. The van der Waals surface area contributed by atoms with Crippen molar-refractivity contribution in [2.45, 2.75) is 26.2 Å². The molecule has 4 rings (SSSR count). The van der Waals surface area contributed by atoms with Crippen LogP contribution in [0.4, 0.5) is 4.39 Å². The normalized spacial score (nSPS) is 14.7. The summed E-state index contributed by atoms with van der Waals surface area (Å²) in [4.78, 5) is 28.9. The minimum atomic E-state index is -0.643. The number of nitrogens with zero attached hydrogens (tertiary/aromatic N) is 1. The van der Waals surface area contributed by atoms with E-state index in [-0.39, 0.29) is 17.0 Å². The molecule has 6 heteroatoms. The van der Waals surface area contributed by atoms with Gasteiger partial charge in [0.2, 0.25) is 5.90 Å². The molecule has 0 radical (unpaired) electrons. The van der Waals surface area contributed by atoms with Gasteiger partial charge in [0.05, 0.1) is 5.56 Å². The smallest absolute Gasteiger partial charge is 0.363 e. The first-order chi connectivity index (χ1) is 15.7. The highest BCUT2D eigenvalue weighted by molar-refractivity contribution is 6.12. The van der Waals surface area contributed by atoms with E-state index in [4.69, 9.17) is 9.47 Å². The fraction of sp³-hybridized carbons (Fsp3) is 0.148. The third-order valence-electron chi connectivity index (χ3n) is 5.05. The number of carbonyl (C=O) groups excluding carboxylic acids is 2. The predicted molar refractivity (Wildman–Crippen MR) is 124 cm³/mol. The number of cyclic esters (lactones) is 1. The summed E-state index contributed by atoms with van der Waals surface area (Å²) in [5.74, 6) is -1.21. The fourth-order valence-electron chi connectivity index (χ4n) is 3.25. The quantitative estimate of drug-likeness (QED) is 0.295. The van der Waals surface area contributed by atoms with E-state index in [2.05, 4.69) is 25.8 Å². The number of hydrogen-bond donors (Lipinski definition) is 0. The second kappa shape index (κ2) is 8.82. The van der Waals surface area contributed by atoms with E-state index in [1.807, 2.05) is 12.1 Å². The molecule has 0 atom stereocenters. The Morgan fingerprint density at radius 1 is 1.00 bits per heavy atom. The Balaban J connectivity index is 1.51. The van der Waals surface area contributed by atoms with Crippen molar-refractivity contribution >= 4 is 23.9 Å². The van der Waals surface area contributed by atoms with Gasteiger partial charge in [-0.3, -0.25) is 0 Å². The van der Waals surface area contributed by atoms with E-state index in [1.165, 1.54) is 24.3 Å². The van der Waals surface area contributed by atoms with Crippen molar-refractivity contribution in [1.82, 2.24) is 0 Å². The highest BCUT2D eigenvalue weighted by Gasteiger charge is 2.24. The van der Waals surface area contributed by atoms with Gasteiger partial charge in [-0.1, -0.05) is 51.1 Å². The molecule has 5 nitrogen and oxygen atoms in total. The lowest BCUT2D eigenvalue weighted by Gasteiger charge is -2.18. The SMILES string of the molecule is CC(C)(C)c1ccc(C(=O)Oc2cccc(C=C3N=C(c4cccc(F)c4)OC3=O)c2)cc1. The average Bonchev–Trinajstić information content (AvgIpc) is 3.14. The standard InChI is InChI=1S/C27H22FNO4/c1-27(2,3)20-12-10-18(11-13-20)25(30)32-22-9-4-6-17(14-22)15-23-26(31)33-24(29-23)19-7-5-8-21(28)16-19/h4-16H,1-3H3. The van der Waals surface area contributed by atoms with Crippen LogP contribution in [0, 0.1) is 5.82 Å². The number of carbonyl (C=O) groups is 2. The van der Waals surface area contributed by atoms with E-state index >= 15 is 0 Å². The molecule has 1 aliphatic heterocycles. The number of rotatable bonds is 4. The van der Waals surface area contributed by atoms with Crippen LogP contribution in [0.25, 0.3) is 6.08 Å². The molecule has 3 aromatic carbocycles. The van der Waals surface area contributed by atoms with Crippen LogP contribution in [0.1, 0.15) is 47.8 Å². The lowest BCUT2D eigenvalue weighted by atomic mass is 9.87. The number of benzene rings is 3. The molecule has 0 N–H and O–H groups in total. The van der Waals surface area contributed by atoms with E-state index < -0.39 is 17.8 Å². The molecule has 0 aromatic heterocycles. The molecule has 0 aliphatic carbocycles. The first-order valence-corrected chi connectivity index (χ1v) is 10.4. The van der Waals surface area contributed by atoms with E-state index in [0.29, 0.717) is 22.4 Å². The lowest BCUT2D eigenvalue weighted by molar-refractivity contribution is -0.129. The van der Waals surface area contributed by atoms with E-state index in [9.17, 15) is 14.0 Å². The van der Waals surface area contributed by atoms with Gasteiger partial charge in [0.1, 0.15) is 11.6 Å². The van der Waals surface area contributed by atoms with Crippen LogP contribution in [0.3, 0.4) is 0 Å². The topological polar surface area (TPSA) is 65.0 Å². The molecule has 166 valence electrons. The number of halogens is 1. The minimum absolute atomic E-state index is 0.0112. The largest absolute Gasteiger partial charge is 0.423 e. The fourth-order valence-corrected chi connectivity index (χ4v) is 3.25. The molecule has 0 amide bonds. The summed E-state index contributed by atoms with van der Waals surface area (Å²) in [6.07, 6.45) is 1.52. The average molecular weight is 443 g/mol. The van der Waals surface area contributed by atoms with E-state index in [1.54, 1.807) is 42.5 Å². The van der Waals surface area contributed by atoms with Crippen LogP contribution in [0.2, 0.25) is 0 Å². The molecule has 0 fully saturated rings. The molecule has 0 saturated carbocycles. The molecule has 1 heterocycles. The lowest BCUT2D eigenvalue weighted by Crippen LogP contribution is -2.12. The minimum Gasteiger partial charge on any atom is -0.423 e. The molecule has 3 aromatic rings. The maximum atomic E-state index is 13.5. The summed E-state index contributed by atoms with van der Waals surface area (Å²) < 4.78 is 24.1. The Bertz CT molecular complexity index is 1280. The molecule has 33 heavy (non-hydrogen) atoms. The summed E-state index contributed by atoms with van der Waals surface area (Å²) in [5.41, 5.74) is 2.58. The zero-order chi connectivity index (χ0) is 23.6. The van der Waals surface area contributed by atoms with Crippen molar-refractivity contribution in [3.05, 3.63) is 107 Å². The van der Waals surface area contributed by atoms with Gasteiger partial charge < -0.3 is 9.47 Å². The summed E-state index contributed by atoms with van der Waals surface area (Å²) in [6.45, 7) is 6.31. The molecule has 0 unspecified atom stereocenters. The highest BCUT2D eigenvalue weighted by atomic mass is 19.1. The van der Waals surface area contributed by atoms with Crippen molar-refractivity contribution in [3.63, 3.8) is 0 Å². The van der Waals surface area contributed by atoms with Gasteiger partial charge in [0.25, 0.3) is 0 Å². The molecule has 0 bridgehead atoms. The number of esters is 2. The van der Waals surface area contributed by atoms with Gasteiger partial charge in [-0.05, 0) is 65.1 Å². The zero-order valence-corrected chi connectivity index (χ0v) is 18.5. The molecule has 0 saturated heterocycles. The third kappa shape index (κ3) is 5.23. The summed E-state index contributed by atoms with van der Waals surface area (Å²) in [7, 11) is 0. The Morgan fingerprint density at radius 2 is 1.73 bits per heavy atom. The van der Waals surface area contributed by atoms with Crippen molar-refractivity contribution in [2.75, 3.05) is 0 Å². The van der Waals surface area contributed by atoms with Gasteiger partial charge in [0.15, 0.2) is 5.70 Å². The Hall–Kier alpha value is -4.06. The first kappa shape index (κ1) is 22.1. The van der Waals surface area contributed by atoms with Gasteiger partial charge in [-0.25, -0.2) is 19.0 Å². The van der Waals surface area contributed by atoms with E-state index in [0.717, 1.165) is 5.56 Å². The summed E-state index contributed by atoms with van der Waals surface area (Å²) in [6, 6.07) is 19.7. The molecule has 1 aliphatic rings. The number of aliphatic imine (C=N–C) groups is 1. The van der Waals surface area contributed by atoms with Crippen LogP contribution in [-0.2, 0) is 14.9 Å². The monoisotopic (exact) mass is 443 g/mol. The number of hydrogen-bond acceptors (Lipinski definition) is 5. The van der Waals surface area contributed by atoms with Gasteiger partial charge in [-0.2, -0.15) is 0 Å². The van der Waals surface area contributed by atoms with Gasteiger partial charge >= 0.3 is 11.9 Å². The number of ether oxygens (including phenoxy) is 2. The second-order valence-electron chi connectivity index (χ2n) is 8.64. The second-order valence-corrected chi connectivity index (χ2v) is 8.64. The maximum absolute atomic E-state index is 13.5. The van der Waals surface area contributed by atoms with Crippen LogP contribution in [0.15, 0.2) is 83.5 Å². The molecule has 0 spiro atoms. The summed E-state index contributed by atoms with van der Waals surface area (Å²) in [5, 5.41) is 0. The zero-order valence-electron chi connectivity index (χ0n) is 18.5. The van der Waals surface area contributed by atoms with Crippen LogP contribution < -0.4 is 4.74 Å². The highest BCUT2D eigenvalue weighted by Crippen LogP contribution is 2.24. The first-order valence-electron chi connectivity index (χ1n) is 10.4. The Labute approximate surface area is 191 Å². The Morgan fingerprint density at radius 3 is 2.42 bits per heavy atom. The van der Waals surface area contributed by atoms with Crippen molar-refractivity contribution in [1.29, 1.82) is 0 Å². The van der Waals surface area contributed by atoms with Crippen molar-refractivity contribution in [3.8, 4) is 5.75 Å². The molecular formula is C27H22FNO4. The van der Waals surface area contributed by atoms with Crippen molar-refractivity contribution in [2.24, 2.45) is 4.99 Å². The van der Waals surface area contributed by atoms with Crippen LogP contribution in [0.5, 0.6) is 5.75 Å². The van der Waals surface area contributed by atoms with Crippen LogP contribution >= 0.6 is 0 Å². The third-order valence-corrected chi connectivity index (χ3v) is 5.05. The van der Waals surface area contributed by atoms with Crippen molar-refractivity contribution < 1.29 is 23.5 Å². The van der Waals surface area contributed by atoms with Gasteiger partial charge in [0, 0.05) is 5.56 Å². The predicted octanol–water partition coefficient (Wildman–Crippen LogP) is 5.69. The van der Waals surface area contributed by atoms with Gasteiger partial charge in [-0.15, -0.1) is 0 Å². The molecular weight excluding hydrogens is 421 g/mol.